The number of nitriles is 1. The van der Waals surface area contributed by atoms with Crippen molar-refractivity contribution in [1.29, 1.82) is 5.26 Å². The molecule has 0 radical (unpaired) electrons. The van der Waals surface area contributed by atoms with Crippen molar-refractivity contribution >= 4 is 23.5 Å². The van der Waals surface area contributed by atoms with E-state index < -0.39 is 0 Å². The van der Waals surface area contributed by atoms with Gasteiger partial charge >= 0.3 is 0 Å². The third kappa shape index (κ3) is 6.33. The number of aryl methyl sites for hydroxylation is 1. The number of hydrogen-bond donors (Lipinski definition) is 2. The summed E-state index contributed by atoms with van der Waals surface area (Å²) in [6, 6.07) is 16.8. The van der Waals surface area contributed by atoms with Gasteiger partial charge in [-0.2, -0.15) is 20.2 Å². The molecule has 154 valence electrons. The zero-order valence-corrected chi connectivity index (χ0v) is 17.5. The molecule has 8 heteroatoms. The molecule has 0 saturated carbocycles. The van der Waals surface area contributed by atoms with E-state index in [1.54, 1.807) is 12.1 Å². The minimum Gasteiger partial charge on any atom is -0.508 e. The second-order valence-electron chi connectivity index (χ2n) is 6.91. The summed E-state index contributed by atoms with van der Waals surface area (Å²) >= 11 is 6.08. The van der Waals surface area contributed by atoms with E-state index >= 15 is 0 Å². The van der Waals surface area contributed by atoms with Gasteiger partial charge in [-0.1, -0.05) is 24.3 Å². The van der Waals surface area contributed by atoms with Crippen LogP contribution >= 0.6 is 11.6 Å². The molecule has 0 bridgehead atoms. The first-order valence-corrected chi connectivity index (χ1v) is 10.0. The molecule has 0 fully saturated rings. The molecule has 1 heterocycles. The SMILES string of the molecule is CN(CCCc1ccc(C#N)cc1)c1nc(Cl)nc(NCCc2ccc(O)cc2)n1. The highest BCUT2D eigenvalue weighted by molar-refractivity contribution is 6.28. The summed E-state index contributed by atoms with van der Waals surface area (Å²) in [7, 11) is 1.92. The molecular formula is C22H23ClN6O. The molecule has 0 unspecified atom stereocenters. The van der Waals surface area contributed by atoms with Gasteiger partial charge in [-0.25, -0.2) is 0 Å². The Balaban J connectivity index is 1.51. The Bertz CT molecular complexity index is 1000. The number of aromatic nitrogens is 3. The van der Waals surface area contributed by atoms with E-state index in [1.165, 1.54) is 5.56 Å². The maximum atomic E-state index is 9.35. The Morgan fingerprint density at radius 1 is 1.00 bits per heavy atom. The number of aromatic hydroxyl groups is 1. The average Bonchev–Trinajstić information content (AvgIpc) is 2.75. The highest BCUT2D eigenvalue weighted by atomic mass is 35.5. The Morgan fingerprint density at radius 2 is 1.67 bits per heavy atom. The van der Waals surface area contributed by atoms with E-state index in [2.05, 4.69) is 26.3 Å². The number of nitrogens with zero attached hydrogens (tertiary/aromatic N) is 5. The quantitative estimate of drug-likeness (QED) is 0.540. The number of phenolic OH excluding ortho intramolecular Hbond substituents is 1. The van der Waals surface area contributed by atoms with E-state index in [4.69, 9.17) is 16.9 Å². The topological polar surface area (TPSA) is 98.0 Å². The van der Waals surface area contributed by atoms with E-state index in [0.29, 0.717) is 24.0 Å². The molecular weight excluding hydrogens is 400 g/mol. The molecule has 30 heavy (non-hydrogen) atoms. The van der Waals surface area contributed by atoms with Crippen LogP contribution in [-0.2, 0) is 12.8 Å². The van der Waals surface area contributed by atoms with Crippen LogP contribution < -0.4 is 10.2 Å². The predicted molar refractivity (Wildman–Crippen MR) is 118 cm³/mol. The second-order valence-corrected chi connectivity index (χ2v) is 7.24. The lowest BCUT2D eigenvalue weighted by atomic mass is 10.1. The van der Waals surface area contributed by atoms with Crippen LogP contribution in [0.1, 0.15) is 23.1 Å². The molecule has 0 amide bonds. The third-order valence-electron chi connectivity index (χ3n) is 4.61. The van der Waals surface area contributed by atoms with Gasteiger partial charge in [-0.3, -0.25) is 0 Å². The largest absolute Gasteiger partial charge is 0.508 e. The second kappa shape index (κ2) is 10.4. The van der Waals surface area contributed by atoms with Gasteiger partial charge in [0.25, 0.3) is 0 Å². The average molecular weight is 423 g/mol. The monoisotopic (exact) mass is 422 g/mol. The number of halogens is 1. The van der Waals surface area contributed by atoms with Crippen molar-refractivity contribution < 1.29 is 5.11 Å². The lowest BCUT2D eigenvalue weighted by Crippen LogP contribution is -2.22. The van der Waals surface area contributed by atoms with Gasteiger partial charge in [-0.05, 0) is 66.3 Å². The van der Waals surface area contributed by atoms with Crippen molar-refractivity contribution in [2.75, 3.05) is 30.4 Å². The van der Waals surface area contributed by atoms with Gasteiger partial charge in [0.15, 0.2) is 0 Å². The number of rotatable bonds is 9. The van der Waals surface area contributed by atoms with E-state index in [9.17, 15) is 5.11 Å². The minimum atomic E-state index is 0.145. The van der Waals surface area contributed by atoms with Gasteiger partial charge in [0.05, 0.1) is 11.6 Å². The lowest BCUT2D eigenvalue weighted by molar-refractivity contribution is 0.475. The smallest absolute Gasteiger partial charge is 0.231 e. The van der Waals surface area contributed by atoms with Crippen LogP contribution in [0, 0.1) is 11.3 Å². The molecule has 1 aromatic heterocycles. The fourth-order valence-electron chi connectivity index (χ4n) is 2.94. The lowest BCUT2D eigenvalue weighted by Gasteiger charge is -2.17. The molecule has 3 rings (SSSR count). The van der Waals surface area contributed by atoms with Crippen molar-refractivity contribution in [3.05, 3.63) is 70.5 Å². The Kier molecular flexibility index (Phi) is 7.41. The molecule has 0 saturated heterocycles. The predicted octanol–water partition coefficient (Wildman–Crippen LogP) is 3.83. The molecule has 0 spiro atoms. The molecule has 7 nitrogen and oxygen atoms in total. The number of phenols is 1. The standard InChI is InChI=1S/C22H23ClN6O/c1-29(14-2-3-16-4-6-18(15-24)7-5-16)22-27-20(23)26-21(28-22)25-13-12-17-8-10-19(30)11-9-17/h4-11,30H,2-3,12-14H2,1H3,(H,25,26,27,28). The van der Waals surface area contributed by atoms with Crippen LogP contribution in [0.4, 0.5) is 11.9 Å². The number of hydrogen-bond acceptors (Lipinski definition) is 7. The molecule has 0 aliphatic rings. The first-order valence-electron chi connectivity index (χ1n) is 9.67. The number of nitrogens with one attached hydrogen (secondary N) is 1. The summed E-state index contributed by atoms with van der Waals surface area (Å²) in [6.07, 6.45) is 2.57. The summed E-state index contributed by atoms with van der Waals surface area (Å²) in [5.74, 6) is 1.20. The highest BCUT2D eigenvalue weighted by Crippen LogP contribution is 2.15. The zero-order valence-electron chi connectivity index (χ0n) is 16.7. The van der Waals surface area contributed by atoms with Crippen LogP contribution in [0.25, 0.3) is 0 Å². The molecule has 3 aromatic rings. The number of anilines is 2. The summed E-state index contributed by atoms with van der Waals surface area (Å²) < 4.78 is 0. The van der Waals surface area contributed by atoms with Crippen molar-refractivity contribution in [3.63, 3.8) is 0 Å². The van der Waals surface area contributed by atoms with Crippen LogP contribution in [0.15, 0.2) is 48.5 Å². The van der Waals surface area contributed by atoms with E-state index in [1.807, 2.05) is 48.3 Å². The third-order valence-corrected chi connectivity index (χ3v) is 4.78. The Hall–Kier alpha value is -3.37. The fraction of sp³-hybridized carbons (Fsp3) is 0.273. The molecule has 2 N–H and O–H groups in total. The van der Waals surface area contributed by atoms with E-state index in [-0.39, 0.29) is 11.0 Å². The molecule has 0 aliphatic heterocycles. The summed E-state index contributed by atoms with van der Waals surface area (Å²) in [5.41, 5.74) is 2.95. The first kappa shape index (κ1) is 21.3. The van der Waals surface area contributed by atoms with Crippen LogP contribution in [0.5, 0.6) is 5.75 Å². The normalized spacial score (nSPS) is 10.4. The van der Waals surface area contributed by atoms with Crippen LogP contribution in [0.3, 0.4) is 0 Å². The van der Waals surface area contributed by atoms with Gasteiger partial charge in [-0.15, -0.1) is 0 Å². The Labute approximate surface area is 181 Å². The maximum absolute atomic E-state index is 9.35. The highest BCUT2D eigenvalue weighted by Gasteiger charge is 2.09. The van der Waals surface area contributed by atoms with Crippen molar-refractivity contribution in [2.45, 2.75) is 19.3 Å². The summed E-state index contributed by atoms with van der Waals surface area (Å²) in [4.78, 5) is 14.8. The van der Waals surface area contributed by atoms with Crippen LogP contribution in [0.2, 0.25) is 5.28 Å². The van der Waals surface area contributed by atoms with Crippen molar-refractivity contribution in [3.8, 4) is 11.8 Å². The van der Waals surface area contributed by atoms with Gasteiger partial charge < -0.3 is 15.3 Å². The molecule has 0 aliphatic carbocycles. The van der Waals surface area contributed by atoms with Crippen molar-refractivity contribution in [2.24, 2.45) is 0 Å². The van der Waals surface area contributed by atoms with Crippen molar-refractivity contribution in [1.82, 2.24) is 15.0 Å². The zero-order chi connectivity index (χ0) is 21.3. The van der Waals surface area contributed by atoms with E-state index in [0.717, 1.165) is 31.4 Å². The summed E-state index contributed by atoms with van der Waals surface area (Å²) in [6.45, 7) is 1.39. The Morgan fingerprint density at radius 3 is 2.37 bits per heavy atom. The molecule has 0 atom stereocenters. The molecule has 2 aromatic carbocycles. The van der Waals surface area contributed by atoms with Gasteiger partial charge in [0.2, 0.25) is 17.2 Å². The minimum absolute atomic E-state index is 0.145. The van der Waals surface area contributed by atoms with Crippen LogP contribution in [-0.4, -0.2) is 40.2 Å². The maximum Gasteiger partial charge on any atom is 0.231 e. The number of benzene rings is 2. The fourth-order valence-corrected chi connectivity index (χ4v) is 3.09. The first-order chi connectivity index (χ1) is 14.5. The van der Waals surface area contributed by atoms with Gasteiger partial charge in [0.1, 0.15) is 5.75 Å². The van der Waals surface area contributed by atoms with Gasteiger partial charge in [0, 0.05) is 20.1 Å². The summed E-state index contributed by atoms with van der Waals surface area (Å²) in [5, 5.41) is 21.5.